The minimum absolute atomic E-state index is 0.211. The number of amides is 2. The Morgan fingerprint density at radius 2 is 1.96 bits per heavy atom. The molecular weight excluding hydrogens is 388 g/mol. The number of hydrogen-bond acceptors (Lipinski definition) is 6. The van der Waals surface area contributed by atoms with Crippen molar-refractivity contribution in [1.29, 1.82) is 0 Å². The third-order valence-corrected chi connectivity index (χ3v) is 6.31. The van der Waals surface area contributed by atoms with Crippen molar-refractivity contribution in [2.45, 2.75) is 24.9 Å². The van der Waals surface area contributed by atoms with Crippen molar-refractivity contribution in [3.8, 4) is 0 Å². The molecule has 0 radical (unpaired) electrons. The van der Waals surface area contributed by atoms with Crippen LogP contribution in [-0.4, -0.2) is 53.9 Å². The summed E-state index contributed by atoms with van der Waals surface area (Å²) in [6.07, 6.45) is 2.35. The molecule has 0 aliphatic carbocycles. The van der Waals surface area contributed by atoms with Crippen molar-refractivity contribution in [1.82, 2.24) is 10.2 Å². The summed E-state index contributed by atoms with van der Waals surface area (Å²) in [6, 6.07) is 6.67. The van der Waals surface area contributed by atoms with E-state index < -0.39 is 29.4 Å². The van der Waals surface area contributed by atoms with Crippen LogP contribution in [0, 0.1) is 11.8 Å². The van der Waals surface area contributed by atoms with Gasteiger partial charge in [-0.15, -0.1) is 0 Å². The van der Waals surface area contributed by atoms with Gasteiger partial charge in [0.15, 0.2) is 0 Å². The number of ether oxygens (including phenoxy) is 1. The zero-order valence-electron chi connectivity index (χ0n) is 15.5. The lowest BCUT2D eigenvalue weighted by molar-refractivity contribution is -0.156. The van der Waals surface area contributed by atoms with Crippen LogP contribution in [0.2, 0.25) is 5.02 Å². The van der Waals surface area contributed by atoms with Crippen molar-refractivity contribution in [3.63, 3.8) is 0 Å². The quantitative estimate of drug-likeness (QED) is 0.572. The molecule has 3 rings (SSSR count). The highest BCUT2D eigenvalue weighted by Gasteiger charge is 2.67. The second-order valence-electron chi connectivity index (χ2n) is 6.85. The van der Waals surface area contributed by atoms with Gasteiger partial charge in [0.05, 0.1) is 18.4 Å². The first-order valence-electron chi connectivity index (χ1n) is 8.88. The maximum Gasteiger partial charge on any atom is 0.327 e. The van der Waals surface area contributed by atoms with Crippen molar-refractivity contribution < 1.29 is 19.1 Å². The van der Waals surface area contributed by atoms with Gasteiger partial charge >= 0.3 is 5.97 Å². The van der Waals surface area contributed by atoms with Gasteiger partial charge in [0, 0.05) is 18.1 Å². The first-order valence-corrected chi connectivity index (χ1v) is 10.6. The average Bonchev–Trinajstić information content (AvgIpc) is 3.11. The van der Waals surface area contributed by atoms with Gasteiger partial charge in [0.1, 0.15) is 5.54 Å². The van der Waals surface area contributed by atoms with Crippen LogP contribution in [-0.2, 0) is 19.1 Å². The molecule has 2 fully saturated rings. The number of rotatable bonds is 6. The van der Waals surface area contributed by atoms with E-state index in [-0.39, 0.29) is 18.4 Å². The lowest BCUT2D eigenvalue weighted by Crippen LogP contribution is -2.56. The van der Waals surface area contributed by atoms with Crippen molar-refractivity contribution in [3.05, 3.63) is 34.9 Å². The Labute approximate surface area is 167 Å². The maximum atomic E-state index is 13.0. The molecule has 146 valence electrons. The monoisotopic (exact) mass is 410 g/mol. The molecule has 4 atom stereocenters. The third kappa shape index (κ3) is 3.26. The number of likely N-dealkylation sites (tertiary alicyclic amines) is 1. The molecule has 0 aromatic heterocycles. The highest BCUT2D eigenvalue weighted by Crippen LogP contribution is 2.50. The van der Waals surface area contributed by atoms with Crippen molar-refractivity contribution in [2.24, 2.45) is 11.8 Å². The van der Waals surface area contributed by atoms with E-state index in [9.17, 15) is 14.4 Å². The van der Waals surface area contributed by atoms with Crippen LogP contribution in [0.15, 0.2) is 24.3 Å². The molecule has 2 aliphatic rings. The summed E-state index contributed by atoms with van der Waals surface area (Å²) in [4.78, 5) is 40.0. The summed E-state index contributed by atoms with van der Waals surface area (Å²) >= 11 is 7.58. The number of carbonyl (C=O) groups is 3. The molecule has 0 unspecified atom stereocenters. The normalized spacial score (nSPS) is 29.9. The number of thioether (sulfide) groups is 1. The summed E-state index contributed by atoms with van der Waals surface area (Å²) in [7, 11) is 1.48. The van der Waals surface area contributed by atoms with E-state index >= 15 is 0 Å². The average molecular weight is 411 g/mol. The lowest BCUT2D eigenvalue weighted by atomic mass is 9.78. The van der Waals surface area contributed by atoms with Crippen molar-refractivity contribution in [2.75, 3.05) is 25.7 Å². The van der Waals surface area contributed by atoms with E-state index in [2.05, 4.69) is 5.32 Å². The minimum atomic E-state index is -1.22. The molecule has 1 N–H and O–H groups in total. The van der Waals surface area contributed by atoms with E-state index in [0.717, 1.165) is 10.5 Å². The number of benzene rings is 1. The maximum absolute atomic E-state index is 13.0. The summed E-state index contributed by atoms with van der Waals surface area (Å²) in [5.74, 6) is -1.83. The second kappa shape index (κ2) is 7.81. The summed E-state index contributed by atoms with van der Waals surface area (Å²) in [6.45, 7) is 1.94. The molecule has 8 heteroatoms. The summed E-state index contributed by atoms with van der Waals surface area (Å²) in [5.41, 5.74) is -0.396. The number of fused-ring (bicyclic) bond motifs is 1. The molecule has 1 aromatic rings. The van der Waals surface area contributed by atoms with E-state index in [1.54, 1.807) is 30.8 Å². The minimum Gasteiger partial charge on any atom is -0.465 e. The van der Waals surface area contributed by atoms with Crippen LogP contribution in [0.5, 0.6) is 0 Å². The first kappa shape index (κ1) is 20.2. The van der Waals surface area contributed by atoms with E-state index in [4.69, 9.17) is 16.3 Å². The summed E-state index contributed by atoms with van der Waals surface area (Å²) < 4.78 is 5.34. The van der Waals surface area contributed by atoms with Gasteiger partial charge in [-0.1, -0.05) is 23.7 Å². The van der Waals surface area contributed by atoms with Crippen LogP contribution >= 0.6 is 23.4 Å². The fraction of sp³-hybridized carbons (Fsp3) is 0.526. The van der Waals surface area contributed by atoms with Gasteiger partial charge in [-0.25, -0.2) is 0 Å². The Balaban J connectivity index is 2.10. The Bertz CT molecular complexity index is 757. The smallest absolute Gasteiger partial charge is 0.327 e. The number of nitrogens with zero attached hydrogens (tertiary/aromatic N) is 1. The number of carbonyl (C=O) groups excluding carboxylic acids is 3. The van der Waals surface area contributed by atoms with Crippen LogP contribution in [0.25, 0.3) is 0 Å². The van der Waals surface area contributed by atoms with Crippen LogP contribution in [0.3, 0.4) is 0 Å². The van der Waals surface area contributed by atoms with E-state index in [0.29, 0.717) is 17.2 Å². The standard InChI is InChI=1S/C19H23ClN2O4S/c1-4-26-18(25)19(9-10-27-3)14-13(16(23)22(2)17(14)24)15(21-19)11-5-7-12(20)8-6-11/h5-8,13-15,21H,4,9-10H2,1-3H3/t13-,14+,15-,19-/m0/s1. The zero-order valence-corrected chi connectivity index (χ0v) is 17.1. The fourth-order valence-electron chi connectivity index (χ4n) is 4.15. The number of halogens is 1. The highest BCUT2D eigenvalue weighted by molar-refractivity contribution is 7.98. The van der Waals surface area contributed by atoms with Crippen molar-refractivity contribution >= 4 is 41.1 Å². The van der Waals surface area contributed by atoms with Gasteiger partial charge in [-0.2, -0.15) is 11.8 Å². The number of imide groups is 1. The predicted octanol–water partition coefficient (Wildman–Crippen LogP) is 2.27. The van der Waals surface area contributed by atoms with Crippen LogP contribution in [0.4, 0.5) is 0 Å². The predicted molar refractivity (Wildman–Crippen MR) is 104 cm³/mol. The molecule has 27 heavy (non-hydrogen) atoms. The topological polar surface area (TPSA) is 75.7 Å². The van der Waals surface area contributed by atoms with Gasteiger partial charge in [-0.05, 0) is 43.0 Å². The molecule has 0 spiro atoms. The second-order valence-corrected chi connectivity index (χ2v) is 8.27. The lowest BCUT2D eigenvalue weighted by Gasteiger charge is -2.32. The Morgan fingerprint density at radius 3 is 2.56 bits per heavy atom. The Kier molecular flexibility index (Phi) is 5.84. The molecule has 1 aromatic carbocycles. The van der Waals surface area contributed by atoms with Gasteiger partial charge in [0.25, 0.3) is 0 Å². The SMILES string of the molecule is CCOC(=O)[C@@]1(CCSC)N[C@@H](c2ccc(Cl)cc2)[C@H]2C(=O)N(C)C(=O)[C@@H]21. The Hall–Kier alpha value is -1.57. The van der Waals surface area contributed by atoms with E-state index in [1.165, 1.54) is 7.05 Å². The number of hydrogen-bond donors (Lipinski definition) is 1. The molecular formula is C19H23ClN2O4S. The fourth-order valence-corrected chi connectivity index (χ4v) is 4.80. The van der Waals surface area contributed by atoms with Crippen LogP contribution < -0.4 is 5.32 Å². The Morgan fingerprint density at radius 1 is 1.30 bits per heavy atom. The molecule has 2 aliphatic heterocycles. The van der Waals surface area contributed by atoms with Gasteiger partial charge in [0.2, 0.25) is 11.8 Å². The molecule has 0 bridgehead atoms. The number of esters is 1. The first-order chi connectivity index (χ1) is 12.9. The molecule has 2 heterocycles. The third-order valence-electron chi connectivity index (χ3n) is 5.44. The van der Waals surface area contributed by atoms with E-state index in [1.807, 2.05) is 18.4 Å². The molecule has 2 saturated heterocycles. The summed E-state index contributed by atoms with van der Waals surface area (Å²) in [5, 5.41) is 3.93. The molecule has 2 amide bonds. The molecule has 0 saturated carbocycles. The zero-order chi connectivity index (χ0) is 19.8. The molecule has 6 nitrogen and oxygen atoms in total. The highest BCUT2D eigenvalue weighted by atomic mass is 35.5. The van der Waals surface area contributed by atoms with Crippen LogP contribution in [0.1, 0.15) is 24.9 Å². The van der Waals surface area contributed by atoms with Gasteiger partial charge < -0.3 is 4.74 Å². The number of nitrogens with one attached hydrogen (secondary N) is 1. The van der Waals surface area contributed by atoms with Gasteiger partial charge in [-0.3, -0.25) is 24.6 Å². The largest absolute Gasteiger partial charge is 0.465 e.